The molecule has 1 aromatic carbocycles. The van der Waals surface area contributed by atoms with Crippen molar-refractivity contribution in [2.75, 3.05) is 13.2 Å². The molecule has 0 spiro atoms. The summed E-state index contributed by atoms with van der Waals surface area (Å²) in [4.78, 5) is 26.1. The predicted molar refractivity (Wildman–Crippen MR) is 240 cm³/mol. The average molecular weight is 785 g/mol. The third-order valence-corrected chi connectivity index (χ3v) is 11.3. The molecule has 0 radical (unpaired) electrons. The topological polar surface area (TPSA) is 61.8 Å². The summed E-state index contributed by atoms with van der Waals surface area (Å²) >= 11 is 0. The first kappa shape index (κ1) is 52.0. The van der Waals surface area contributed by atoms with Gasteiger partial charge in [-0.15, -0.1) is 0 Å². The zero-order valence-corrected chi connectivity index (χ0v) is 38.7. The lowest BCUT2D eigenvalue weighted by atomic mass is 9.78. The van der Waals surface area contributed by atoms with E-state index in [1.54, 1.807) is 0 Å². The minimum atomic E-state index is -0.661. The van der Waals surface area contributed by atoms with E-state index in [0.717, 1.165) is 48.1 Å². The van der Waals surface area contributed by atoms with Crippen LogP contribution >= 0.6 is 0 Å². The molecule has 1 unspecified atom stereocenters. The molecule has 0 bridgehead atoms. The molecule has 5 nitrogen and oxygen atoms in total. The van der Waals surface area contributed by atoms with Gasteiger partial charge in [0.2, 0.25) is 0 Å². The van der Waals surface area contributed by atoms with Gasteiger partial charge >= 0.3 is 11.9 Å². The molecule has 0 saturated heterocycles. The molecule has 1 rings (SSSR count). The lowest BCUT2D eigenvalue weighted by Crippen LogP contribution is -2.31. The van der Waals surface area contributed by atoms with Crippen LogP contribution in [0.15, 0.2) is 12.1 Å². The number of aryl methyl sites for hydroxylation is 1. The fourth-order valence-corrected chi connectivity index (χ4v) is 7.52. The number of rotatable bonds is 35. The Labute approximate surface area is 348 Å². The number of benzene rings is 1. The molecule has 0 aliphatic heterocycles. The van der Waals surface area contributed by atoms with Crippen molar-refractivity contribution in [1.82, 2.24) is 0 Å². The first-order valence-electron chi connectivity index (χ1n) is 24.0. The molecule has 326 valence electrons. The molecular weight excluding hydrogens is 693 g/mol. The van der Waals surface area contributed by atoms with Crippen LogP contribution in [0.25, 0.3) is 0 Å². The molecule has 0 saturated carbocycles. The summed E-state index contributed by atoms with van der Waals surface area (Å²) in [6.45, 7) is 20.6. The van der Waals surface area contributed by atoms with E-state index in [2.05, 4.69) is 67.5 Å². The fourth-order valence-electron chi connectivity index (χ4n) is 7.52. The van der Waals surface area contributed by atoms with E-state index >= 15 is 0 Å². The van der Waals surface area contributed by atoms with Crippen molar-refractivity contribution in [2.45, 2.75) is 265 Å². The third kappa shape index (κ3) is 25.3. The molecule has 0 aromatic heterocycles. The van der Waals surface area contributed by atoms with Crippen molar-refractivity contribution in [3.8, 4) is 5.75 Å². The SMILES string of the molecule is CCCCCCCCCCCCCCCCCCOC(=O)CCc1cc(C(C)(C)C)c(OC(CC)C(=O)OCCCCCCCCCCCC)c(C(C)(C)C)c1. The highest BCUT2D eigenvalue weighted by atomic mass is 16.6. The summed E-state index contributed by atoms with van der Waals surface area (Å²) in [5.74, 6) is 0.374. The Kier molecular flexibility index (Phi) is 29.6. The maximum absolute atomic E-state index is 13.3. The Hall–Kier alpha value is -2.04. The van der Waals surface area contributed by atoms with Crippen molar-refractivity contribution >= 4 is 11.9 Å². The van der Waals surface area contributed by atoms with Gasteiger partial charge in [0.15, 0.2) is 6.10 Å². The smallest absolute Gasteiger partial charge is 0.347 e. The van der Waals surface area contributed by atoms with Gasteiger partial charge in [0.05, 0.1) is 13.2 Å². The number of hydrogen-bond acceptors (Lipinski definition) is 5. The zero-order chi connectivity index (χ0) is 41.5. The molecule has 1 aromatic rings. The molecule has 0 heterocycles. The van der Waals surface area contributed by atoms with Crippen LogP contribution in [0.5, 0.6) is 5.75 Å². The van der Waals surface area contributed by atoms with E-state index in [9.17, 15) is 9.59 Å². The molecule has 0 aliphatic carbocycles. The lowest BCUT2D eigenvalue weighted by Gasteiger charge is -2.32. The van der Waals surface area contributed by atoms with Gasteiger partial charge in [-0.3, -0.25) is 4.79 Å². The van der Waals surface area contributed by atoms with E-state index in [1.165, 1.54) is 141 Å². The Morgan fingerprint density at radius 3 is 1.18 bits per heavy atom. The molecule has 0 amide bonds. The van der Waals surface area contributed by atoms with Gasteiger partial charge in [-0.2, -0.15) is 0 Å². The van der Waals surface area contributed by atoms with Gasteiger partial charge in [-0.1, -0.05) is 229 Å². The number of esters is 2. The largest absolute Gasteiger partial charge is 0.478 e. The molecule has 1 atom stereocenters. The number of hydrogen-bond donors (Lipinski definition) is 0. The number of unbranched alkanes of at least 4 members (excludes halogenated alkanes) is 24. The minimum absolute atomic E-state index is 0.128. The van der Waals surface area contributed by atoms with Crippen LogP contribution < -0.4 is 4.74 Å². The second-order valence-electron chi connectivity index (χ2n) is 18.9. The van der Waals surface area contributed by atoms with Gasteiger partial charge in [0.25, 0.3) is 0 Å². The van der Waals surface area contributed by atoms with Crippen LogP contribution in [0.1, 0.15) is 259 Å². The predicted octanol–water partition coefficient (Wildman–Crippen LogP) is 15.6. The highest BCUT2D eigenvalue weighted by Gasteiger charge is 2.31. The number of carbonyl (C=O) groups is 2. The molecule has 0 fully saturated rings. The molecule has 5 heteroatoms. The molecule has 0 N–H and O–H groups in total. The van der Waals surface area contributed by atoms with E-state index < -0.39 is 6.10 Å². The quantitative estimate of drug-likeness (QED) is 0.0507. The zero-order valence-electron chi connectivity index (χ0n) is 38.7. The first-order valence-corrected chi connectivity index (χ1v) is 24.0. The summed E-state index contributed by atoms with van der Waals surface area (Å²) in [5, 5.41) is 0. The summed E-state index contributed by atoms with van der Waals surface area (Å²) < 4.78 is 18.1. The van der Waals surface area contributed by atoms with Crippen molar-refractivity contribution in [3.63, 3.8) is 0 Å². The lowest BCUT2D eigenvalue weighted by molar-refractivity contribution is -0.152. The van der Waals surface area contributed by atoms with Crippen LogP contribution in [0.4, 0.5) is 0 Å². The van der Waals surface area contributed by atoms with E-state index in [1.807, 2.05) is 6.92 Å². The van der Waals surface area contributed by atoms with Gasteiger partial charge < -0.3 is 14.2 Å². The van der Waals surface area contributed by atoms with Gasteiger partial charge in [0.1, 0.15) is 5.75 Å². The number of carbonyl (C=O) groups excluding carboxylic acids is 2. The van der Waals surface area contributed by atoms with Crippen molar-refractivity contribution in [3.05, 3.63) is 28.8 Å². The third-order valence-electron chi connectivity index (χ3n) is 11.3. The number of ether oxygens (including phenoxy) is 3. The van der Waals surface area contributed by atoms with E-state index in [0.29, 0.717) is 32.5 Å². The van der Waals surface area contributed by atoms with Crippen LogP contribution in [-0.2, 0) is 36.3 Å². The average Bonchev–Trinajstić information content (AvgIpc) is 3.15. The normalized spacial score (nSPS) is 12.5. The second-order valence-corrected chi connectivity index (χ2v) is 18.9. The van der Waals surface area contributed by atoms with Crippen LogP contribution in [-0.4, -0.2) is 31.3 Å². The maximum Gasteiger partial charge on any atom is 0.347 e. The highest BCUT2D eigenvalue weighted by molar-refractivity contribution is 5.75. The van der Waals surface area contributed by atoms with Gasteiger partial charge in [0, 0.05) is 17.5 Å². The Morgan fingerprint density at radius 1 is 0.500 bits per heavy atom. The fraction of sp³-hybridized carbons (Fsp3) is 0.843. The van der Waals surface area contributed by atoms with Gasteiger partial charge in [-0.05, 0) is 42.1 Å². The molecule has 0 aliphatic rings. The van der Waals surface area contributed by atoms with Crippen LogP contribution in [0, 0.1) is 0 Å². The van der Waals surface area contributed by atoms with Gasteiger partial charge in [-0.25, -0.2) is 4.79 Å². The Bertz CT molecular complexity index is 1090. The van der Waals surface area contributed by atoms with Crippen molar-refractivity contribution in [2.24, 2.45) is 0 Å². The highest BCUT2D eigenvalue weighted by Crippen LogP contribution is 2.42. The molecular formula is C51H92O5. The van der Waals surface area contributed by atoms with Crippen molar-refractivity contribution in [1.29, 1.82) is 0 Å². The summed E-state index contributed by atoms with van der Waals surface area (Å²) in [5.41, 5.74) is 2.77. The summed E-state index contributed by atoms with van der Waals surface area (Å²) in [6.07, 6.45) is 34.6. The minimum Gasteiger partial charge on any atom is -0.478 e. The molecule has 56 heavy (non-hydrogen) atoms. The van der Waals surface area contributed by atoms with Crippen LogP contribution in [0.2, 0.25) is 0 Å². The van der Waals surface area contributed by atoms with Crippen LogP contribution in [0.3, 0.4) is 0 Å². The van der Waals surface area contributed by atoms with E-state index in [-0.39, 0.29) is 22.8 Å². The first-order chi connectivity index (χ1) is 26.8. The summed E-state index contributed by atoms with van der Waals surface area (Å²) in [7, 11) is 0. The Morgan fingerprint density at radius 2 is 0.839 bits per heavy atom. The standard InChI is InChI=1S/C51H92O5/c1-10-13-15-17-19-21-23-24-25-26-27-28-30-31-33-35-39-54-47(52)38-37-43-41-44(50(4,5)6)48(45(42-43)51(7,8)9)56-46(12-3)49(53)55-40-36-34-32-29-22-20-18-16-14-11-2/h41-42,46H,10-40H2,1-9H3. The van der Waals surface area contributed by atoms with E-state index in [4.69, 9.17) is 14.2 Å². The Balaban J connectivity index is 2.52. The van der Waals surface area contributed by atoms with Crippen molar-refractivity contribution < 1.29 is 23.8 Å². The maximum atomic E-state index is 13.3. The summed E-state index contributed by atoms with van der Waals surface area (Å²) in [6, 6.07) is 4.35. The monoisotopic (exact) mass is 785 g/mol. The second kappa shape index (κ2) is 31.9.